The molecule has 0 aromatic heterocycles. The molecule has 1 aliphatic rings. The van der Waals surface area contributed by atoms with E-state index in [-0.39, 0.29) is 23.7 Å². The lowest BCUT2D eigenvalue weighted by Gasteiger charge is -2.34. The minimum atomic E-state index is -0.526. The molecule has 1 unspecified atom stereocenters. The Morgan fingerprint density at radius 2 is 1.96 bits per heavy atom. The number of amides is 3. The van der Waals surface area contributed by atoms with Crippen molar-refractivity contribution in [3.8, 4) is 5.75 Å². The fraction of sp³-hybridized carbons (Fsp3) is 0.556. The summed E-state index contributed by atoms with van der Waals surface area (Å²) in [5.41, 5.74) is 0.378. The molecule has 0 radical (unpaired) electrons. The van der Waals surface area contributed by atoms with Gasteiger partial charge < -0.3 is 20.3 Å². The van der Waals surface area contributed by atoms with E-state index in [0.29, 0.717) is 38.4 Å². The number of benzene rings is 1. The Labute approximate surface area is 153 Å². The molecule has 1 aliphatic heterocycles. The Morgan fingerprint density at radius 1 is 1.27 bits per heavy atom. The number of urea groups is 1. The summed E-state index contributed by atoms with van der Waals surface area (Å²) >= 11 is 0. The summed E-state index contributed by atoms with van der Waals surface area (Å²) in [5, 5.41) is 5.63. The minimum Gasteiger partial charge on any atom is -0.494 e. The van der Waals surface area contributed by atoms with Gasteiger partial charge >= 0.3 is 6.03 Å². The van der Waals surface area contributed by atoms with Gasteiger partial charge in [-0.05, 0) is 25.5 Å². The van der Waals surface area contributed by atoms with Crippen LogP contribution in [0.5, 0.6) is 5.75 Å². The van der Waals surface area contributed by atoms with Crippen LogP contribution in [0.1, 0.15) is 20.3 Å². The molecule has 1 heterocycles. The number of rotatable bonds is 6. The Balaban J connectivity index is 1.79. The number of carbonyl (C=O) groups is 2. The third-order valence-corrected chi connectivity index (χ3v) is 4.45. The number of anilines is 1. The van der Waals surface area contributed by atoms with Gasteiger partial charge in [-0.1, -0.05) is 6.92 Å². The highest BCUT2D eigenvalue weighted by Gasteiger charge is 2.23. The quantitative estimate of drug-likeness (QED) is 0.806. The molecule has 2 N–H and O–H groups in total. The first-order valence-corrected chi connectivity index (χ1v) is 8.84. The maximum absolute atomic E-state index is 13.7. The largest absolute Gasteiger partial charge is 0.494 e. The van der Waals surface area contributed by atoms with Crippen LogP contribution in [0.3, 0.4) is 0 Å². The van der Waals surface area contributed by atoms with E-state index in [0.717, 1.165) is 6.42 Å². The van der Waals surface area contributed by atoms with Crippen molar-refractivity contribution in [2.45, 2.75) is 26.3 Å². The average molecular weight is 366 g/mol. The van der Waals surface area contributed by atoms with Gasteiger partial charge in [0, 0.05) is 44.0 Å². The van der Waals surface area contributed by atoms with Crippen molar-refractivity contribution >= 4 is 17.6 Å². The number of halogens is 1. The second-order valence-electron chi connectivity index (χ2n) is 6.42. The van der Waals surface area contributed by atoms with Crippen LogP contribution in [0, 0.1) is 5.82 Å². The maximum atomic E-state index is 13.7. The monoisotopic (exact) mass is 366 g/mol. The molecule has 1 fully saturated rings. The zero-order valence-corrected chi connectivity index (χ0v) is 15.5. The first-order chi connectivity index (χ1) is 12.4. The average Bonchev–Trinajstić information content (AvgIpc) is 2.62. The summed E-state index contributed by atoms with van der Waals surface area (Å²) < 4.78 is 18.6. The maximum Gasteiger partial charge on any atom is 0.321 e. The van der Waals surface area contributed by atoms with Gasteiger partial charge in [0.2, 0.25) is 5.91 Å². The number of nitrogens with one attached hydrogen (secondary N) is 2. The van der Waals surface area contributed by atoms with Crippen molar-refractivity contribution in [1.82, 2.24) is 15.1 Å². The van der Waals surface area contributed by atoms with Gasteiger partial charge in [0.25, 0.3) is 0 Å². The number of hydrogen-bond donors (Lipinski definition) is 2. The molecule has 144 valence electrons. The zero-order valence-electron chi connectivity index (χ0n) is 15.5. The van der Waals surface area contributed by atoms with Gasteiger partial charge in [-0.15, -0.1) is 0 Å². The van der Waals surface area contributed by atoms with Crippen molar-refractivity contribution < 1.29 is 18.7 Å². The third-order valence-electron chi connectivity index (χ3n) is 4.45. The second-order valence-corrected chi connectivity index (χ2v) is 6.42. The van der Waals surface area contributed by atoms with Crippen molar-refractivity contribution in [2.24, 2.45) is 0 Å². The van der Waals surface area contributed by atoms with Crippen LogP contribution in [-0.4, -0.2) is 67.6 Å². The van der Waals surface area contributed by atoms with Crippen LogP contribution in [0.2, 0.25) is 0 Å². The van der Waals surface area contributed by atoms with Crippen molar-refractivity contribution in [3.05, 3.63) is 24.0 Å². The highest BCUT2D eigenvalue weighted by molar-refractivity contribution is 5.89. The Hall–Kier alpha value is -2.35. The van der Waals surface area contributed by atoms with Crippen LogP contribution >= 0.6 is 0 Å². The lowest BCUT2D eigenvalue weighted by Crippen LogP contribution is -2.52. The molecular weight excluding hydrogens is 339 g/mol. The van der Waals surface area contributed by atoms with E-state index in [4.69, 9.17) is 4.74 Å². The molecule has 1 aromatic rings. The predicted molar refractivity (Wildman–Crippen MR) is 97.9 cm³/mol. The van der Waals surface area contributed by atoms with Gasteiger partial charge in [-0.2, -0.15) is 0 Å². The van der Waals surface area contributed by atoms with Gasteiger partial charge in [-0.3, -0.25) is 9.69 Å². The van der Waals surface area contributed by atoms with E-state index in [1.807, 2.05) is 18.7 Å². The predicted octanol–water partition coefficient (Wildman–Crippen LogP) is 1.90. The molecule has 1 aromatic carbocycles. The van der Waals surface area contributed by atoms with Gasteiger partial charge in [0.05, 0.1) is 13.7 Å². The number of ether oxygens (including phenoxy) is 1. The summed E-state index contributed by atoms with van der Waals surface area (Å²) in [6.07, 6.45) is 0.894. The molecule has 0 aliphatic carbocycles. The molecule has 3 amide bonds. The van der Waals surface area contributed by atoms with Gasteiger partial charge in [0.1, 0.15) is 0 Å². The van der Waals surface area contributed by atoms with Crippen molar-refractivity contribution in [3.63, 3.8) is 0 Å². The van der Waals surface area contributed by atoms with Crippen LogP contribution in [0.4, 0.5) is 14.9 Å². The highest BCUT2D eigenvalue weighted by Crippen LogP contribution is 2.21. The van der Waals surface area contributed by atoms with Crippen molar-refractivity contribution in [1.29, 1.82) is 0 Å². The first kappa shape index (κ1) is 20.0. The van der Waals surface area contributed by atoms with Crippen molar-refractivity contribution in [2.75, 3.05) is 45.2 Å². The SMILES string of the molecule is CCC(C)NC(=O)CN1CCN(C(=O)Nc2ccc(OC)c(F)c2)CC1. The molecular formula is C18H27FN4O3. The van der Waals surface area contributed by atoms with Crippen LogP contribution in [-0.2, 0) is 4.79 Å². The number of nitrogens with zero attached hydrogens (tertiary/aromatic N) is 2. The molecule has 8 heteroatoms. The van der Waals surface area contributed by atoms with Crippen LogP contribution in [0.15, 0.2) is 18.2 Å². The normalized spacial score (nSPS) is 16.1. The van der Waals surface area contributed by atoms with E-state index in [9.17, 15) is 14.0 Å². The topological polar surface area (TPSA) is 73.9 Å². The molecule has 0 saturated carbocycles. The smallest absolute Gasteiger partial charge is 0.321 e. The van der Waals surface area contributed by atoms with E-state index in [1.54, 1.807) is 11.0 Å². The summed E-state index contributed by atoms with van der Waals surface area (Å²) in [6.45, 7) is 6.61. The summed E-state index contributed by atoms with van der Waals surface area (Å²) in [4.78, 5) is 27.9. The first-order valence-electron chi connectivity index (χ1n) is 8.84. The molecule has 1 atom stereocenters. The van der Waals surface area contributed by atoms with E-state index in [1.165, 1.54) is 19.2 Å². The fourth-order valence-corrected chi connectivity index (χ4v) is 2.68. The molecule has 0 bridgehead atoms. The van der Waals surface area contributed by atoms with E-state index >= 15 is 0 Å². The molecule has 1 saturated heterocycles. The third kappa shape index (κ3) is 5.59. The van der Waals surface area contributed by atoms with Gasteiger partial charge in [-0.25, -0.2) is 9.18 Å². The van der Waals surface area contributed by atoms with Crippen LogP contribution < -0.4 is 15.4 Å². The lowest BCUT2D eigenvalue weighted by molar-refractivity contribution is -0.123. The molecule has 0 spiro atoms. The summed E-state index contributed by atoms with van der Waals surface area (Å²) in [7, 11) is 1.39. The van der Waals surface area contributed by atoms with E-state index < -0.39 is 5.82 Å². The number of methoxy groups -OCH3 is 1. The molecule has 7 nitrogen and oxygen atoms in total. The molecule has 2 rings (SSSR count). The fourth-order valence-electron chi connectivity index (χ4n) is 2.68. The highest BCUT2D eigenvalue weighted by atomic mass is 19.1. The number of hydrogen-bond acceptors (Lipinski definition) is 4. The van der Waals surface area contributed by atoms with E-state index in [2.05, 4.69) is 10.6 Å². The standard InChI is InChI=1S/C18H27FN4O3/c1-4-13(2)20-17(24)12-22-7-9-23(10-8-22)18(25)21-14-5-6-16(26-3)15(19)11-14/h5-6,11,13H,4,7-10,12H2,1-3H3,(H,20,24)(H,21,25). The Morgan fingerprint density at radius 3 is 2.54 bits per heavy atom. The molecule has 26 heavy (non-hydrogen) atoms. The second kappa shape index (κ2) is 9.38. The number of piperazine rings is 1. The summed E-state index contributed by atoms with van der Waals surface area (Å²) in [5.74, 6) is -0.388. The summed E-state index contributed by atoms with van der Waals surface area (Å²) in [6, 6.07) is 4.18. The zero-order chi connectivity index (χ0) is 19.1. The van der Waals surface area contributed by atoms with Crippen LogP contribution in [0.25, 0.3) is 0 Å². The Bertz CT molecular complexity index is 633. The number of carbonyl (C=O) groups excluding carboxylic acids is 2. The van der Waals surface area contributed by atoms with Gasteiger partial charge in [0.15, 0.2) is 11.6 Å². The Kier molecular flexibility index (Phi) is 7.20. The minimum absolute atomic E-state index is 0.00552. The lowest BCUT2D eigenvalue weighted by atomic mass is 10.2.